The Kier molecular flexibility index (Phi) is 2.84. The molecule has 0 spiro atoms. The van der Waals surface area contributed by atoms with Crippen molar-refractivity contribution in [2.24, 2.45) is 0 Å². The van der Waals surface area contributed by atoms with E-state index in [0.29, 0.717) is 17.8 Å². The minimum absolute atomic E-state index is 0.0639. The van der Waals surface area contributed by atoms with Crippen molar-refractivity contribution in [3.05, 3.63) is 4.77 Å². The van der Waals surface area contributed by atoms with Gasteiger partial charge >= 0.3 is 0 Å². The van der Waals surface area contributed by atoms with Crippen molar-refractivity contribution >= 4 is 18.0 Å². The minimum Gasteiger partial charge on any atom is -0.343 e. The summed E-state index contributed by atoms with van der Waals surface area (Å²) < 4.78 is 14.6. The summed E-state index contributed by atoms with van der Waals surface area (Å²) in [5.41, 5.74) is -0.246. The third kappa shape index (κ3) is 2.03. The number of rotatable bonds is 1. The highest BCUT2D eigenvalue weighted by Gasteiger charge is 2.45. The Labute approximate surface area is 115 Å². The highest BCUT2D eigenvalue weighted by molar-refractivity contribution is 7.71. The van der Waals surface area contributed by atoms with Crippen molar-refractivity contribution in [2.45, 2.75) is 51.2 Å². The van der Waals surface area contributed by atoms with E-state index >= 15 is 0 Å². The fourth-order valence-electron chi connectivity index (χ4n) is 2.35. The highest BCUT2D eigenvalue weighted by Crippen LogP contribution is 2.32. The van der Waals surface area contributed by atoms with Gasteiger partial charge in [-0.25, -0.2) is 9.36 Å². The number of hydrogen-bond acceptors (Lipinski definition) is 6. The molecule has 2 aliphatic rings. The molecule has 0 radical (unpaired) electrons. The Morgan fingerprint density at radius 1 is 1.37 bits per heavy atom. The lowest BCUT2D eigenvalue weighted by atomic mass is 10.0. The molecule has 3 rings (SSSR count). The van der Waals surface area contributed by atoms with Crippen LogP contribution in [0, 0.1) is 4.77 Å². The van der Waals surface area contributed by atoms with Gasteiger partial charge in [-0.15, -0.1) is 0 Å². The van der Waals surface area contributed by atoms with Crippen LogP contribution >= 0.6 is 12.2 Å². The maximum Gasteiger partial charge on any atom is 0.218 e. The van der Waals surface area contributed by atoms with Crippen LogP contribution in [-0.4, -0.2) is 44.6 Å². The van der Waals surface area contributed by atoms with Crippen LogP contribution in [0.4, 0.5) is 0 Å². The van der Waals surface area contributed by atoms with Crippen molar-refractivity contribution in [2.75, 3.05) is 6.61 Å². The van der Waals surface area contributed by atoms with Crippen LogP contribution in [0.15, 0.2) is 0 Å². The second-order valence-electron chi connectivity index (χ2n) is 5.87. The highest BCUT2D eigenvalue weighted by atomic mass is 32.1. The van der Waals surface area contributed by atoms with Gasteiger partial charge in [-0.05, 0) is 43.4 Å². The van der Waals surface area contributed by atoms with Crippen LogP contribution in [0.5, 0.6) is 0 Å². The predicted molar refractivity (Wildman–Crippen MR) is 67.1 cm³/mol. The second kappa shape index (κ2) is 4.19. The van der Waals surface area contributed by atoms with E-state index in [4.69, 9.17) is 21.7 Å². The Hall–Kier alpha value is -1.12. The molecule has 2 fully saturated rings. The van der Waals surface area contributed by atoms with Gasteiger partial charge in [0, 0.05) is 6.42 Å². The van der Waals surface area contributed by atoms with Gasteiger partial charge in [0.15, 0.2) is 5.78 Å². The molecule has 0 unspecified atom stereocenters. The Morgan fingerprint density at radius 3 is 2.74 bits per heavy atom. The topological polar surface area (TPSA) is 71.2 Å². The van der Waals surface area contributed by atoms with E-state index in [2.05, 4.69) is 10.4 Å². The molecule has 3 atom stereocenters. The third-order valence-corrected chi connectivity index (χ3v) is 3.73. The molecular weight excluding hydrogens is 268 g/mol. The minimum atomic E-state index is -0.701. The molecule has 0 aromatic carbocycles. The van der Waals surface area contributed by atoms with Crippen molar-refractivity contribution in [1.29, 1.82) is 0 Å². The summed E-state index contributed by atoms with van der Waals surface area (Å²) in [6, 6.07) is -0.227. The second-order valence-corrected chi connectivity index (χ2v) is 6.23. The molecule has 0 amide bonds. The zero-order valence-corrected chi connectivity index (χ0v) is 11.9. The summed E-state index contributed by atoms with van der Waals surface area (Å²) >= 11 is 5.40. The first kappa shape index (κ1) is 12.9. The van der Waals surface area contributed by atoms with Crippen molar-refractivity contribution in [3.8, 4) is 0 Å². The lowest BCUT2D eigenvalue weighted by Crippen LogP contribution is -2.37. The summed E-state index contributed by atoms with van der Waals surface area (Å²) in [5.74, 6) is -0.0639. The van der Waals surface area contributed by atoms with Crippen LogP contribution in [0.2, 0.25) is 0 Å². The van der Waals surface area contributed by atoms with Crippen LogP contribution in [0.3, 0.4) is 0 Å². The molecule has 8 heteroatoms. The first-order valence-electron chi connectivity index (χ1n) is 6.23. The molecule has 2 bridgehead atoms. The molecule has 0 saturated carbocycles. The Balaban J connectivity index is 1.97. The average molecular weight is 284 g/mol. The molecule has 0 N–H and O–H groups in total. The smallest absolute Gasteiger partial charge is 0.218 e. The van der Waals surface area contributed by atoms with E-state index in [1.54, 1.807) is 9.36 Å². The Bertz CT molecular complexity index is 573. The number of carbonyl (C=O) groups is 1. The van der Waals surface area contributed by atoms with Crippen molar-refractivity contribution in [3.63, 3.8) is 0 Å². The van der Waals surface area contributed by atoms with Crippen molar-refractivity contribution < 1.29 is 14.3 Å². The molecule has 1 aromatic heterocycles. The monoisotopic (exact) mass is 284 g/mol. The largest absolute Gasteiger partial charge is 0.343 e. The number of tetrazole rings is 1. The molecule has 7 nitrogen and oxygen atoms in total. The summed E-state index contributed by atoms with van der Waals surface area (Å²) in [6.07, 6.45) is -0.556. The predicted octanol–water partition coefficient (Wildman–Crippen LogP) is 0.819. The fourth-order valence-corrected chi connectivity index (χ4v) is 2.84. The van der Waals surface area contributed by atoms with Gasteiger partial charge in [-0.3, -0.25) is 4.79 Å². The average Bonchev–Trinajstić information content (AvgIpc) is 2.88. The SMILES string of the molecule is CC(C)(C)n1nnn([C@@H]2CC(=O)[C@H]3OC[C@@H]2O3)c1=S. The van der Waals surface area contributed by atoms with Gasteiger partial charge in [-0.1, -0.05) is 0 Å². The molecule has 2 aliphatic heterocycles. The molecule has 3 heterocycles. The third-order valence-electron chi connectivity index (χ3n) is 3.37. The molecule has 1 aromatic rings. The van der Waals surface area contributed by atoms with E-state index in [-0.39, 0.29) is 23.5 Å². The van der Waals surface area contributed by atoms with E-state index in [1.165, 1.54) is 0 Å². The van der Waals surface area contributed by atoms with Gasteiger partial charge < -0.3 is 9.47 Å². The first-order valence-corrected chi connectivity index (χ1v) is 6.63. The summed E-state index contributed by atoms with van der Waals surface area (Å²) in [4.78, 5) is 11.8. The number of nitrogens with zero attached hydrogens (tertiary/aromatic N) is 4. The zero-order valence-electron chi connectivity index (χ0n) is 11.1. The fraction of sp³-hybridized carbons (Fsp3) is 0.818. The summed E-state index contributed by atoms with van der Waals surface area (Å²) in [5, 5.41) is 8.18. The Morgan fingerprint density at radius 2 is 2.11 bits per heavy atom. The standard InChI is InChI=1S/C11H16N4O3S/c1-11(2,3)15-10(19)14(12-13-15)6-4-7(16)9-17-5-8(6)18-9/h6,8-9H,4-5H2,1-3H3/t6-,8+,9+/m1/s1. The summed E-state index contributed by atoms with van der Waals surface area (Å²) in [7, 11) is 0. The van der Waals surface area contributed by atoms with E-state index in [9.17, 15) is 4.79 Å². The quantitative estimate of drug-likeness (QED) is 0.711. The van der Waals surface area contributed by atoms with Gasteiger partial charge in [0.05, 0.1) is 18.2 Å². The molecule has 19 heavy (non-hydrogen) atoms. The number of ketones is 1. The molecule has 104 valence electrons. The van der Waals surface area contributed by atoms with Crippen LogP contribution < -0.4 is 0 Å². The van der Waals surface area contributed by atoms with E-state index in [1.807, 2.05) is 20.8 Å². The number of hydrogen-bond donors (Lipinski definition) is 0. The van der Waals surface area contributed by atoms with Crippen LogP contribution in [-0.2, 0) is 19.8 Å². The van der Waals surface area contributed by atoms with Crippen LogP contribution in [0.25, 0.3) is 0 Å². The number of carbonyl (C=O) groups excluding carboxylic acids is 1. The number of Topliss-reactive ketones (excluding diaryl/α,β-unsaturated/α-hetero) is 1. The lowest BCUT2D eigenvalue weighted by Gasteiger charge is -2.26. The molecule has 0 aliphatic carbocycles. The number of ether oxygens (including phenoxy) is 2. The number of aromatic nitrogens is 4. The van der Waals surface area contributed by atoms with Crippen LogP contribution in [0.1, 0.15) is 33.2 Å². The summed E-state index contributed by atoms with van der Waals surface area (Å²) in [6.45, 7) is 6.39. The van der Waals surface area contributed by atoms with Gasteiger partial charge in [0.1, 0.15) is 6.10 Å². The maximum absolute atomic E-state index is 11.8. The normalized spacial score (nSPS) is 30.9. The van der Waals surface area contributed by atoms with Gasteiger partial charge in [0.25, 0.3) is 0 Å². The van der Waals surface area contributed by atoms with Crippen molar-refractivity contribution in [1.82, 2.24) is 19.8 Å². The molecule has 2 saturated heterocycles. The zero-order chi connectivity index (χ0) is 13.8. The lowest BCUT2D eigenvalue weighted by molar-refractivity contribution is -0.156. The maximum atomic E-state index is 11.8. The molecular formula is C11H16N4O3S. The number of fused-ring (bicyclic) bond motifs is 2. The van der Waals surface area contributed by atoms with Gasteiger partial charge in [-0.2, -0.15) is 0 Å². The van der Waals surface area contributed by atoms with Gasteiger partial charge in [0.2, 0.25) is 11.1 Å². The van der Waals surface area contributed by atoms with E-state index in [0.717, 1.165) is 0 Å². The van der Waals surface area contributed by atoms with E-state index < -0.39 is 6.29 Å². The first-order chi connectivity index (χ1) is 8.88.